The summed E-state index contributed by atoms with van der Waals surface area (Å²) in [6.45, 7) is 2.41. The first kappa shape index (κ1) is 14.5. The van der Waals surface area contributed by atoms with Crippen LogP contribution in [0.3, 0.4) is 0 Å². The average Bonchev–Trinajstić information content (AvgIpc) is 2.48. The summed E-state index contributed by atoms with van der Waals surface area (Å²) in [7, 11) is 1.71. The monoisotopic (exact) mass is 276 g/mol. The Labute approximate surface area is 118 Å². The van der Waals surface area contributed by atoms with E-state index in [-0.39, 0.29) is 11.7 Å². The molecule has 1 atom stereocenters. The summed E-state index contributed by atoms with van der Waals surface area (Å²) in [5.41, 5.74) is 6.66. The second-order valence-corrected chi connectivity index (χ2v) is 4.91. The number of rotatable bonds is 5. The molecule has 108 valence electrons. The van der Waals surface area contributed by atoms with Gasteiger partial charge in [0.1, 0.15) is 5.75 Å². The molecular weight excluding hydrogens is 256 g/mol. The predicted molar refractivity (Wildman–Crippen MR) is 77.2 cm³/mol. The molecule has 0 aliphatic carbocycles. The number of Topliss-reactive ketones (excluding diaryl/α,β-unsaturated/α-hetero) is 1. The van der Waals surface area contributed by atoms with Gasteiger partial charge in [0.2, 0.25) is 0 Å². The molecule has 0 spiro atoms. The zero-order valence-electron chi connectivity index (χ0n) is 11.9. The van der Waals surface area contributed by atoms with Crippen LogP contribution in [-0.2, 0) is 4.79 Å². The van der Waals surface area contributed by atoms with Gasteiger partial charge >= 0.3 is 0 Å². The van der Waals surface area contributed by atoms with Crippen molar-refractivity contribution in [2.24, 2.45) is 5.73 Å². The van der Waals surface area contributed by atoms with Crippen LogP contribution in [0, 0.1) is 0 Å². The van der Waals surface area contributed by atoms with Gasteiger partial charge in [-0.05, 0) is 37.6 Å². The van der Waals surface area contributed by atoms with E-state index in [4.69, 9.17) is 10.5 Å². The molecule has 2 rings (SSSR count). The van der Waals surface area contributed by atoms with Crippen LogP contribution in [0.4, 0.5) is 5.69 Å². The Balaban J connectivity index is 2.28. The number of benzene rings is 1. The molecule has 5 nitrogen and oxygen atoms in total. The van der Waals surface area contributed by atoms with E-state index >= 15 is 0 Å². The summed E-state index contributed by atoms with van der Waals surface area (Å²) in [6.07, 6.45) is 1.27. The molecule has 1 amide bonds. The first-order valence-corrected chi connectivity index (χ1v) is 6.90. The predicted octanol–water partition coefficient (Wildman–Crippen LogP) is 1.74. The fraction of sp³-hybridized carbons (Fsp3) is 0.467. The molecule has 0 radical (unpaired) electrons. The lowest BCUT2D eigenvalue weighted by molar-refractivity contribution is -0.126. The van der Waals surface area contributed by atoms with Crippen molar-refractivity contribution in [3.63, 3.8) is 0 Å². The number of carbonyl (C=O) groups excluding carboxylic acids is 2. The molecule has 1 aliphatic heterocycles. The van der Waals surface area contributed by atoms with Gasteiger partial charge in [0.25, 0.3) is 5.91 Å². The topological polar surface area (TPSA) is 72.6 Å². The van der Waals surface area contributed by atoms with Crippen LogP contribution in [-0.4, -0.2) is 31.4 Å². The number of hydrogen-bond acceptors (Lipinski definition) is 4. The lowest BCUT2D eigenvalue weighted by atomic mass is 10.0. The highest BCUT2D eigenvalue weighted by Gasteiger charge is 2.31. The van der Waals surface area contributed by atoms with Crippen molar-refractivity contribution < 1.29 is 14.3 Å². The van der Waals surface area contributed by atoms with Gasteiger partial charge in [0, 0.05) is 19.0 Å². The van der Waals surface area contributed by atoms with Crippen molar-refractivity contribution in [1.82, 2.24) is 0 Å². The van der Waals surface area contributed by atoms with E-state index in [9.17, 15) is 9.59 Å². The highest BCUT2D eigenvalue weighted by Crippen LogP contribution is 2.34. The number of fused-ring (bicyclic) bond motifs is 1. The lowest BCUT2D eigenvalue weighted by Crippen LogP contribution is -2.43. The molecule has 1 aromatic carbocycles. The molecule has 1 aromatic rings. The molecule has 1 heterocycles. The fourth-order valence-corrected chi connectivity index (χ4v) is 2.26. The minimum absolute atomic E-state index is 0.0386. The van der Waals surface area contributed by atoms with Crippen molar-refractivity contribution in [1.29, 1.82) is 0 Å². The minimum Gasteiger partial charge on any atom is -0.478 e. The standard InChI is InChI=1S/C15H20N2O3/c1-3-13-15(19)17(2)11-9-10(6-7-14(11)20-13)12(18)5-4-8-16/h6-7,9,13H,3-5,8,16H2,1-2H3. The molecule has 2 N–H and O–H groups in total. The molecule has 0 saturated heterocycles. The molecule has 5 heteroatoms. The number of ether oxygens (including phenoxy) is 1. The summed E-state index contributed by atoms with van der Waals surface area (Å²) >= 11 is 0. The summed E-state index contributed by atoms with van der Waals surface area (Å²) < 4.78 is 5.66. The van der Waals surface area contributed by atoms with E-state index in [2.05, 4.69) is 0 Å². The van der Waals surface area contributed by atoms with Crippen molar-refractivity contribution in [3.8, 4) is 5.75 Å². The Kier molecular flexibility index (Phi) is 4.39. The van der Waals surface area contributed by atoms with E-state index in [1.807, 2.05) is 6.92 Å². The van der Waals surface area contributed by atoms with Crippen molar-refractivity contribution in [2.45, 2.75) is 32.3 Å². The molecular formula is C15H20N2O3. The molecule has 0 aromatic heterocycles. The summed E-state index contributed by atoms with van der Waals surface area (Å²) in [4.78, 5) is 25.6. The summed E-state index contributed by atoms with van der Waals surface area (Å²) in [6, 6.07) is 5.22. The van der Waals surface area contributed by atoms with Crippen LogP contribution in [0.15, 0.2) is 18.2 Å². The van der Waals surface area contributed by atoms with Gasteiger partial charge in [-0.25, -0.2) is 0 Å². The number of anilines is 1. The molecule has 1 unspecified atom stereocenters. The highest BCUT2D eigenvalue weighted by atomic mass is 16.5. The first-order valence-electron chi connectivity index (χ1n) is 6.90. The van der Waals surface area contributed by atoms with E-state index in [0.717, 1.165) is 0 Å². The zero-order chi connectivity index (χ0) is 14.7. The number of nitrogens with two attached hydrogens (primary N) is 1. The van der Waals surface area contributed by atoms with Crippen molar-refractivity contribution >= 4 is 17.4 Å². The fourth-order valence-electron chi connectivity index (χ4n) is 2.26. The van der Waals surface area contributed by atoms with Gasteiger partial charge < -0.3 is 15.4 Å². The van der Waals surface area contributed by atoms with E-state index in [1.54, 1.807) is 30.1 Å². The van der Waals surface area contributed by atoms with Crippen LogP contribution >= 0.6 is 0 Å². The number of carbonyl (C=O) groups is 2. The van der Waals surface area contributed by atoms with Gasteiger partial charge in [0.15, 0.2) is 11.9 Å². The Bertz CT molecular complexity index is 528. The van der Waals surface area contributed by atoms with Crippen LogP contribution in [0.25, 0.3) is 0 Å². The van der Waals surface area contributed by atoms with Gasteiger partial charge in [-0.1, -0.05) is 6.92 Å². The zero-order valence-corrected chi connectivity index (χ0v) is 11.9. The average molecular weight is 276 g/mol. The number of nitrogens with zero attached hydrogens (tertiary/aromatic N) is 1. The van der Waals surface area contributed by atoms with Crippen molar-refractivity contribution in [3.05, 3.63) is 23.8 Å². The first-order chi connectivity index (χ1) is 9.58. The molecule has 0 fully saturated rings. The number of amides is 1. The smallest absolute Gasteiger partial charge is 0.267 e. The van der Waals surface area contributed by atoms with Gasteiger partial charge in [-0.15, -0.1) is 0 Å². The van der Waals surface area contributed by atoms with E-state index in [0.29, 0.717) is 42.8 Å². The molecule has 0 saturated carbocycles. The van der Waals surface area contributed by atoms with Crippen LogP contribution in [0.1, 0.15) is 36.5 Å². The third-order valence-electron chi connectivity index (χ3n) is 3.50. The second-order valence-electron chi connectivity index (χ2n) is 4.91. The number of hydrogen-bond donors (Lipinski definition) is 1. The largest absolute Gasteiger partial charge is 0.478 e. The summed E-state index contributed by atoms with van der Waals surface area (Å²) in [5, 5.41) is 0. The Hall–Kier alpha value is -1.88. The Morgan fingerprint density at radius 1 is 1.45 bits per heavy atom. The van der Waals surface area contributed by atoms with Crippen molar-refractivity contribution in [2.75, 3.05) is 18.5 Å². The van der Waals surface area contributed by atoms with Crippen LogP contribution in [0.2, 0.25) is 0 Å². The number of ketones is 1. The SMILES string of the molecule is CCC1Oc2ccc(C(=O)CCCN)cc2N(C)C1=O. The maximum absolute atomic E-state index is 12.1. The molecule has 20 heavy (non-hydrogen) atoms. The second kappa shape index (κ2) is 6.05. The normalized spacial score (nSPS) is 17.6. The molecule has 1 aliphatic rings. The van der Waals surface area contributed by atoms with Gasteiger partial charge in [0.05, 0.1) is 5.69 Å². The van der Waals surface area contributed by atoms with Crippen LogP contribution < -0.4 is 15.4 Å². The lowest BCUT2D eigenvalue weighted by Gasteiger charge is -2.31. The summed E-state index contributed by atoms with van der Waals surface area (Å²) in [5.74, 6) is 0.609. The third kappa shape index (κ3) is 2.67. The Morgan fingerprint density at radius 2 is 2.20 bits per heavy atom. The van der Waals surface area contributed by atoms with Gasteiger partial charge in [-0.3, -0.25) is 9.59 Å². The Morgan fingerprint density at radius 3 is 2.85 bits per heavy atom. The van der Waals surface area contributed by atoms with Gasteiger partial charge in [-0.2, -0.15) is 0 Å². The quantitative estimate of drug-likeness (QED) is 0.831. The maximum atomic E-state index is 12.1. The van der Waals surface area contributed by atoms with Crippen LogP contribution in [0.5, 0.6) is 5.75 Å². The van der Waals surface area contributed by atoms with E-state index in [1.165, 1.54) is 0 Å². The maximum Gasteiger partial charge on any atom is 0.267 e. The number of likely N-dealkylation sites (N-methyl/N-ethyl adjacent to an activating group) is 1. The van der Waals surface area contributed by atoms with E-state index < -0.39 is 6.10 Å². The highest BCUT2D eigenvalue weighted by molar-refractivity contribution is 6.02. The third-order valence-corrected chi connectivity index (χ3v) is 3.50. The minimum atomic E-state index is -0.439. The molecule has 0 bridgehead atoms.